The van der Waals surface area contributed by atoms with Gasteiger partial charge in [-0.3, -0.25) is 4.79 Å². The maximum absolute atomic E-state index is 13.3. The van der Waals surface area contributed by atoms with Crippen LogP contribution in [0.3, 0.4) is 0 Å². The summed E-state index contributed by atoms with van der Waals surface area (Å²) in [7, 11) is -0.592. The molecule has 2 heterocycles. The Kier molecular flexibility index (Phi) is 6.08. The van der Waals surface area contributed by atoms with E-state index in [0.29, 0.717) is 31.1 Å². The van der Waals surface area contributed by atoms with Gasteiger partial charge in [-0.2, -0.15) is 0 Å². The number of benzene rings is 1. The van der Waals surface area contributed by atoms with Crippen molar-refractivity contribution in [2.75, 3.05) is 51.7 Å². The van der Waals surface area contributed by atoms with Crippen molar-refractivity contribution in [3.8, 4) is 0 Å². The van der Waals surface area contributed by atoms with Crippen LogP contribution in [0, 0.1) is 5.92 Å². The second kappa shape index (κ2) is 8.16. The summed E-state index contributed by atoms with van der Waals surface area (Å²) < 4.78 is 26.3. The van der Waals surface area contributed by atoms with Gasteiger partial charge in [0.25, 0.3) is 5.91 Å². The van der Waals surface area contributed by atoms with Crippen LogP contribution >= 0.6 is 0 Å². The smallest absolute Gasteiger partial charge is 0.256 e. The molecule has 0 aliphatic carbocycles. The number of nitrogens with two attached hydrogens (primary N) is 1. The monoisotopic (exact) mass is 394 g/mol. The standard InChI is InChI=1S/C19H30N4O3S/c1-21(2)27(25,26)16-6-7-18(22-9-4-3-5-10-22)17(12-16)19(24)23-11-8-15(13-20)14-23/h6-7,12,15H,3-5,8-11,13-14,20H2,1-2H3. The maximum Gasteiger partial charge on any atom is 0.256 e. The van der Waals surface area contributed by atoms with Crippen molar-refractivity contribution in [1.29, 1.82) is 0 Å². The van der Waals surface area contributed by atoms with Crippen molar-refractivity contribution >= 4 is 21.6 Å². The third-order valence-corrected chi connectivity index (χ3v) is 7.39. The SMILES string of the molecule is CN(C)S(=O)(=O)c1ccc(N2CCCCC2)c(C(=O)N2CCC(CN)C2)c1. The molecule has 1 amide bonds. The van der Waals surface area contributed by atoms with Crippen LogP contribution in [-0.4, -0.2) is 70.3 Å². The number of sulfonamides is 1. The van der Waals surface area contributed by atoms with Crippen molar-refractivity contribution in [3.05, 3.63) is 23.8 Å². The van der Waals surface area contributed by atoms with E-state index in [-0.39, 0.29) is 10.8 Å². The van der Waals surface area contributed by atoms with Crippen LogP contribution in [0.2, 0.25) is 0 Å². The molecule has 150 valence electrons. The van der Waals surface area contributed by atoms with E-state index in [9.17, 15) is 13.2 Å². The molecule has 1 unspecified atom stereocenters. The highest BCUT2D eigenvalue weighted by Gasteiger charge is 2.30. The predicted molar refractivity (Wildman–Crippen MR) is 106 cm³/mol. The number of carbonyl (C=O) groups excluding carboxylic acids is 1. The fraction of sp³-hybridized carbons (Fsp3) is 0.632. The molecule has 2 aliphatic heterocycles. The first-order valence-corrected chi connectivity index (χ1v) is 11.1. The molecule has 0 radical (unpaired) electrons. The number of rotatable bonds is 5. The van der Waals surface area contributed by atoms with Crippen LogP contribution in [0.4, 0.5) is 5.69 Å². The lowest BCUT2D eigenvalue weighted by atomic mass is 10.1. The van der Waals surface area contributed by atoms with Gasteiger partial charge in [-0.25, -0.2) is 12.7 Å². The molecule has 0 aromatic heterocycles. The van der Waals surface area contributed by atoms with E-state index >= 15 is 0 Å². The molecule has 1 aromatic rings. The van der Waals surface area contributed by atoms with Gasteiger partial charge in [0.15, 0.2) is 0 Å². The van der Waals surface area contributed by atoms with Gasteiger partial charge in [0, 0.05) is 46.0 Å². The topological polar surface area (TPSA) is 87.0 Å². The molecular weight excluding hydrogens is 364 g/mol. The molecule has 0 spiro atoms. The summed E-state index contributed by atoms with van der Waals surface area (Å²) in [6, 6.07) is 4.96. The van der Waals surface area contributed by atoms with Crippen LogP contribution in [0.15, 0.2) is 23.1 Å². The number of piperidine rings is 1. The van der Waals surface area contributed by atoms with Crippen molar-refractivity contribution in [2.45, 2.75) is 30.6 Å². The minimum absolute atomic E-state index is 0.0951. The maximum atomic E-state index is 13.3. The first-order chi connectivity index (χ1) is 12.8. The molecule has 7 nitrogen and oxygen atoms in total. The van der Waals surface area contributed by atoms with Gasteiger partial charge < -0.3 is 15.5 Å². The number of amides is 1. The summed E-state index contributed by atoms with van der Waals surface area (Å²) in [6.07, 6.45) is 4.27. The quantitative estimate of drug-likeness (QED) is 0.815. The normalized spacial score (nSPS) is 21.1. The fourth-order valence-electron chi connectivity index (χ4n) is 3.85. The van der Waals surface area contributed by atoms with Crippen LogP contribution in [0.25, 0.3) is 0 Å². The van der Waals surface area contributed by atoms with Crippen LogP contribution < -0.4 is 10.6 Å². The van der Waals surface area contributed by atoms with Crippen molar-refractivity contribution in [2.24, 2.45) is 11.7 Å². The number of anilines is 1. The van der Waals surface area contributed by atoms with Gasteiger partial charge in [0.05, 0.1) is 10.5 Å². The Morgan fingerprint density at radius 2 is 1.89 bits per heavy atom. The van der Waals surface area contributed by atoms with Gasteiger partial charge in [0.2, 0.25) is 10.0 Å². The average Bonchev–Trinajstić information content (AvgIpc) is 3.16. The highest BCUT2D eigenvalue weighted by Crippen LogP contribution is 2.30. The zero-order valence-electron chi connectivity index (χ0n) is 16.2. The number of likely N-dealkylation sites (tertiary alicyclic amines) is 1. The summed E-state index contributed by atoms with van der Waals surface area (Å²) in [5.41, 5.74) is 7.09. The van der Waals surface area contributed by atoms with Crippen LogP contribution in [0.5, 0.6) is 0 Å². The van der Waals surface area contributed by atoms with E-state index in [1.165, 1.54) is 24.8 Å². The van der Waals surface area contributed by atoms with Gasteiger partial charge in [-0.15, -0.1) is 0 Å². The van der Waals surface area contributed by atoms with Crippen LogP contribution in [-0.2, 0) is 10.0 Å². The van der Waals surface area contributed by atoms with E-state index in [2.05, 4.69) is 4.90 Å². The highest BCUT2D eigenvalue weighted by molar-refractivity contribution is 7.89. The molecule has 3 rings (SSSR count). The lowest BCUT2D eigenvalue weighted by molar-refractivity contribution is 0.0788. The third kappa shape index (κ3) is 4.12. The first kappa shape index (κ1) is 20.1. The van der Waals surface area contributed by atoms with Gasteiger partial charge in [-0.1, -0.05) is 0 Å². The Morgan fingerprint density at radius 1 is 1.19 bits per heavy atom. The molecule has 1 atom stereocenters. The summed E-state index contributed by atoms with van der Waals surface area (Å²) >= 11 is 0. The van der Waals surface area contributed by atoms with E-state index < -0.39 is 10.0 Å². The zero-order valence-corrected chi connectivity index (χ0v) is 17.0. The fourth-order valence-corrected chi connectivity index (χ4v) is 4.78. The minimum atomic E-state index is -3.60. The van der Waals surface area contributed by atoms with Gasteiger partial charge in [-0.05, 0) is 56.3 Å². The molecule has 2 fully saturated rings. The molecule has 2 saturated heterocycles. The number of hydrogen-bond acceptors (Lipinski definition) is 5. The Bertz CT molecular complexity index is 788. The second-order valence-corrected chi connectivity index (χ2v) is 9.81. The minimum Gasteiger partial charge on any atom is -0.371 e. The largest absolute Gasteiger partial charge is 0.371 e. The second-order valence-electron chi connectivity index (χ2n) is 7.66. The molecule has 0 saturated carbocycles. The molecule has 1 aromatic carbocycles. The van der Waals surface area contributed by atoms with E-state index in [1.54, 1.807) is 18.2 Å². The van der Waals surface area contributed by atoms with E-state index in [4.69, 9.17) is 5.73 Å². The molecule has 27 heavy (non-hydrogen) atoms. The number of carbonyl (C=O) groups is 1. The van der Waals surface area contributed by atoms with Crippen molar-refractivity contribution < 1.29 is 13.2 Å². The lowest BCUT2D eigenvalue weighted by Crippen LogP contribution is -2.35. The zero-order chi connectivity index (χ0) is 19.6. The Morgan fingerprint density at radius 3 is 2.48 bits per heavy atom. The molecule has 2 N–H and O–H groups in total. The summed E-state index contributed by atoms with van der Waals surface area (Å²) in [5, 5.41) is 0. The molecule has 0 bridgehead atoms. The Balaban J connectivity index is 2.00. The summed E-state index contributed by atoms with van der Waals surface area (Å²) in [6.45, 7) is 3.67. The highest BCUT2D eigenvalue weighted by atomic mass is 32.2. The molecule has 8 heteroatoms. The average molecular weight is 395 g/mol. The van der Waals surface area contributed by atoms with E-state index in [1.807, 2.05) is 4.90 Å². The lowest BCUT2D eigenvalue weighted by Gasteiger charge is -2.31. The van der Waals surface area contributed by atoms with Gasteiger partial charge in [0.1, 0.15) is 0 Å². The van der Waals surface area contributed by atoms with Crippen molar-refractivity contribution in [1.82, 2.24) is 9.21 Å². The molecular formula is C19H30N4O3S. The van der Waals surface area contributed by atoms with Crippen molar-refractivity contribution in [3.63, 3.8) is 0 Å². The molecule has 2 aliphatic rings. The first-order valence-electron chi connectivity index (χ1n) is 9.65. The Labute approximate surface area is 162 Å². The number of hydrogen-bond donors (Lipinski definition) is 1. The summed E-state index contributed by atoms with van der Waals surface area (Å²) in [5.74, 6) is 0.225. The third-order valence-electron chi connectivity index (χ3n) is 5.58. The van der Waals surface area contributed by atoms with Crippen LogP contribution in [0.1, 0.15) is 36.0 Å². The predicted octanol–water partition coefficient (Wildman–Crippen LogP) is 1.35. The van der Waals surface area contributed by atoms with Gasteiger partial charge >= 0.3 is 0 Å². The summed E-state index contributed by atoms with van der Waals surface area (Å²) in [4.78, 5) is 17.4. The number of nitrogens with zero attached hydrogens (tertiary/aromatic N) is 3. The van der Waals surface area contributed by atoms with E-state index in [0.717, 1.165) is 38.0 Å². The Hall–Kier alpha value is -1.64.